The molecule has 4 heteroatoms. The molecular weight excluding hydrogens is 134 g/mol. The number of methoxy groups -OCH3 is 1. The lowest BCUT2D eigenvalue weighted by Gasteiger charge is -2.25. The minimum atomic E-state index is -0.672. The molecule has 0 spiro atoms. The van der Waals surface area contributed by atoms with Crippen molar-refractivity contribution in [3.05, 3.63) is 0 Å². The lowest BCUT2D eigenvalue weighted by atomic mass is 10.1. The van der Waals surface area contributed by atoms with E-state index >= 15 is 0 Å². The first-order chi connectivity index (χ1) is 4.75. The number of hydrogen-bond donors (Lipinski definition) is 2. The Labute approximate surface area is 59.2 Å². The maximum absolute atomic E-state index is 10.8. The van der Waals surface area contributed by atoms with Crippen LogP contribution < -0.4 is 5.32 Å². The number of nitrogens with one attached hydrogen (secondary N) is 1. The number of ether oxygens (including phenoxy) is 1. The second kappa shape index (κ2) is 2.98. The highest BCUT2D eigenvalue weighted by Gasteiger charge is 2.29. The van der Waals surface area contributed by atoms with Gasteiger partial charge in [0.2, 0.25) is 0 Å². The summed E-state index contributed by atoms with van der Waals surface area (Å²) in [7, 11) is 1.42. The summed E-state index contributed by atoms with van der Waals surface area (Å²) in [5, 5.41) is 11.7. The monoisotopic (exact) mass is 145 g/mol. The predicted octanol–water partition coefficient (Wildman–Crippen LogP) is -1.12. The van der Waals surface area contributed by atoms with Gasteiger partial charge >= 0.3 is 0 Å². The third-order valence-corrected chi connectivity index (χ3v) is 1.60. The van der Waals surface area contributed by atoms with Crippen LogP contribution in [0, 0.1) is 0 Å². The number of piperidine rings is 1. The van der Waals surface area contributed by atoms with Crippen molar-refractivity contribution >= 4 is 5.91 Å². The van der Waals surface area contributed by atoms with Gasteiger partial charge in [0, 0.05) is 13.7 Å². The minimum absolute atomic E-state index is 0.221. The number of rotatable bonds is 1. The van der Waals surface area contributed by atoms with E-state index < -0.39 is 12.2 Å². The van der Waals surface area contributed by atoms with E-state index in [9.17, 15) is 4.79 Å². The first kappa shape index (κ1) is 7.50. The van der Waals surface area contributed by atoms with E-state index in [-0.39, 0.29) is 5.91 Å². The summed E-state index contributed by atoms with van der Waals surface area (Å²) in [6.45, 7) is 0.542. The molecule has 0 radical (unpaired) electrons. The van der Waals surface area contributed by atoms with Crippen LogP contribution in [0.25, 0.3) is 0 Å². The van der Waals surface area contributed by atoms with Gasteiger partial charge in [-0.2, -0.15) is 0 Å². The van der Waals surface area contributed by atoms with Crippen LogP contribution >= 0.6 is 0 Å². The van der Waals surface area contributed by atoms with Crippen LogP contribution in [0.1, 0.15) is 6.42 Å². The Hall–Kier alpha value is -0.610. The number of amides is 1. The number of carbonyl (C=O) groups is 1. The largest absolute Gasteiger partial charge is 0.390 e. The molecule has 0 bridgehead atoms. The van der Waals surface area contributed by atoms with Gasteiger partial charge < -0.3 is 15.2 Å². The molecule has 0 aliphatic carbocycles. The fourth-order valence-corrected chi connectivity index (χ4v) is 1.03. The first-order valence-corrected chi connectivity index (χ1v) is 3.24. The number of aliphatic hydroxyl groups is 1. The van der Waals surface area contributed by atoms with Crippen LogP contribution in [0.2, 0.25) is 0 Å². The normalized spacial score (nSPS) is 33.6. The molecule has 10 heavy (non-hydrogen) atoms. The molecule has 2 N–H and O–H groups in total. The van der Waals surface area contributed by atoms with Crippen molar-refractivity contribution < 1.29 is 14.6 Å². The lowest BCUT2D eigenvalue weighted by Crippen LogP contribution is -2.49. The Morgan fingerprint density at radius 3 is 2.90 bits per heavy atom. The van der Waals surface area contributed by atoms with E-state index in [2.05, 4.69) is 5.32 Å². The van der Waals surface area contributed by atoms with Crippen molar-refractivity contribution in [2.45, 2.75) is 18.6 Å². The Balaban J connectivity index is 2.53. The molecule has 1 aliphatic rings. The molecule has 4 nitrogen and oxygen atoms in total. The highest BCUT2D eigenvalue weighted by atomic mass is 16.5. The summed E-state index contributed by atoms with van der Waals surface area (Å²) in [5.74, 6) is -0.221. The highest BCUT2D eigenvalue weighted by molar-refractivity contribution is 5.82. The van der Waals surface area contributed by atoms with E-state index in [4.69, 9.17) is 9.84 Å². The second-order valence-electron chi connectivity index (χ2n) is 2.30. The Morgan fingerprint density at radius 2 is 2.50 bits per heavy atom. The molecule has 0 aromatic heterocycles. The smallest absolute Gasteiger partial charge is 0.251 e. The van der Waals surface area contributed by atoms with Crippen molar-refractivity contribution in [2.24, 2.45) is 0 Å². The maximum Gasteiger partial charge on any atom is 0.251 e. The van der Waals surface area contributed by atoms with Gasteiger partial charge in [0.1, 0.15) is 0 Å². The molecule has 2 atom stereocenters. The molecule has 1 aliphatic heterocycles. The summed E-state index contributed by atoms with van der Waals surface area (Å²) >= 11 is 0. The molecule has 2 unspecified atom stereocenters. The molecule has 1 amide bonds. The third kappa shape index (κ3) is 1.27. The van der Waals surface area contributed by atoms with Crippen molar-refractivity contribution in [2.75, 3.05) is 13.7 Å². The molecule has 0 aromatic carbocycles. The number of carbonyl (C=O) groups excluding carboxylic acids is 1. The van der Waals surface area contributed by atoms with Crippen LogP contribution in [0.4, 0.5) is 0 Å². The lowest BCUT2D eigenvalue weighted by molar-refractivity contribution is -0.141. The highest BCUT2D eigenvalue weighted by Crippen LogP contribution is 2.06. The van der Waals surface area contributed by atoms with Crippen LogP contribution in [0.15, 0.2) is 0 Å². The van der Waals surface area contributed by atoms with E-state index in [1.54, 1.807) is 0 Å². The molecule has 0 aromatic rings. The van der Waals surface area contributed by atoms with Gasteiger partial charge in [-0.05, 0) is 6.42 Å². The summed E-state index contributed by atoms with van der Waals surface area (Å²) < 4.78 is 4.75. The van der Waals surface area contributed by atoms with Crippen LogP contribution in [-0.4, -0.2) is 36.9 Å². The quantitative estimate of drug-likeness (QED) is 0.491. The Morgan fingerprint density at radius 1 is 1.80 bits per heavy atom. The maximum atomic E-state index is 10.8. The number of hydrogen-bond acceptors (Lipinski definition) is 3. The molecule has 0 saturated carbocycles. The average Bonchev–Trinajstić information content (AvgIpc) is 1.88. The average molecular weight is 145 g/mol. The van der Waals surface area contributed by atoms with Gasteiger partial charge in [-0.15, -0.1) is 0 Å². The summed E-state index contributed by atoms with van der Waals surface area (Å²) in [5.41, 5.74) is 0. The van der Waals surface area contributed by atoms with Crippen LogP contribution in [-0.2, 0) is 9.53 Å². The SMILES string of the molecule is COC1C(=O)NCCC1O. The van der Waals surface area contributed by atoms with E-state index in [0.29, 0.717) is 13.0 Å². The van der Waals surface area contributed by atoms with Gasteiger partial charge in [0.05, 0.1) is 6.10 Å². The summed E-state index contributed by atoms with van der Waals surface area (Å²) in [6, 6.07) is 0. The van der Waals surface area contributed by atoms with Gasteiger partial charge in [-0.3, -0.25) is 4.79 Å². The van der Waals surface area contributed by atoms with Crippen molar-refractivity contribution in [1.82, 2.24) is 5.32 Å². The zero-order valence-corrected chi connectivity index (χ0v) is 5.83. The van der Waals surface area contributed by atoms with Crippen molar-refractivity contribution in [1.29, 1.82) is 0 Å². The molecular formula is C6H11NO3. The van der Waals surface area contributed by atoms with Gasteiger partial charge in [0.15, 0.2) is 6.10 Å². The van der Waals surface area contributed by atoms with Gasteiger partial charge in [0.25, 0.3) is 5.91 Å². The zero-order valence-electron chi connectivity index (χ0n) is 5.83. The standard InChI is InChI=1S/C6H11NO3/c1-10-5-4(8)2-3-7-6(5)9/h4-5,8H,2-3H2,1H3,(H,7,9). The molecule has 1 saturated heterocycles. The predicted molar refractivity (Wildman–Crippen MR) is 34.4 cm³/mol. The summed E-state index contributed by atoms with van der Waals surface area (Å²) in [6.07, 6.45) is -0.739. The van der Waals surface area contributed by atoms with Crippen LogP contribution in [0.3, 0.4) is 0 Å². The molecule has 1 fully saturated rings. The van der Waals surface area contributed by atoms with Gasteiger partial charge in [-0.1, -0.05) is 0 Å². The first-order valence-electron chi connectivity index (χ1n) is 3.24. The van der Waals surface area contributed by atoms with E-state index in [1.807, 2.05) is 0 Å². The molecule has 58 valence electrons. The molecule has 1 rings (SSSR count). The fourth-order valence-electron chi connectivity index (χ4n) is 1.03. The topological polar surface area (TPSA) is 58.6 Å². The molecule has 1 heterocycles. The Bertz CT molecular complexity index is 137. The summed E-state index contributed by atoms with van der Waals surface area (Å²) in [4.78, 5) is 10.8. The van der Waals surface area contributed by atoms with Crippen LogP contribution in [0.5, 0.6) is 0 Å². The second-order valence-corrected chi connectivity index (χ2v) is 2.30. The Kier molecular flexibility index (Phi) is 2.24. The number of aliphatic hydroxyl groups excluding tert-OH is 1. The van der Waals surface area contributed by atoms with E-state index in [1.165, 1.54) is 7.11 Å². The van der Waals surface area contributed by atoms with E-state index in [0.717, 1.165) is 0 Å². The minimum Gasteiger partial charge on any atom is -0.390 e. The van der Waals surface area contributed by atoms with Crippen molar-refractivity contribution in [3.63, 3.8) is 0 Å². The van der Waals surface area contributed by atoms with Crippen molar-refractivity contribution in [3.8, 4) is 0 Å². The van der Waals surface area contributed by atoms with Gasteiger partial charge in [-0.25, -0.2) is 0 Å². The third-order valence-electron chi connectivity index (χ3n) is 1.60. The fraction of sp³-hybridized carbons (Fsp3) is 0.833. The zero-order chi connectivity index (χ0) is 7.56.